The minimum Gasteiger partial charge on any atom is -0.350 e. The average Bonchev–Trinajstić information content (AvgIpc) is 3.10. The van der Waals surface area contributed by atoms with Crippen LogP contribution >= 0.6 is 7.82 Å². The highest BCUT2D eigenvalue weighted by Gasteiger charge is 2.28. The van der Waals surface area contributed by atoms with Crippen LogP contribution in [0.15, 0.2) is 0 Å². The van der Waals surface area contributed by atoms with E-state index in [1.165, 1.54) is 89.9 Å². The summed E-state index contributed by atoms with van der Waals surface area (Å²) < 4.78 is 26.2. The van der Waals surface area contributed by atoms with Crippen molar-refractivity contribution in [3.63, 3.8) is 0 Å². The van der Waals surface area contributed by atoms with Crippen LogP contribution in [0.4, 0.5) is 0 Å². The molecule has 0 aromatic rings. The van der Waals surface area contributed by atoms with Crippen molar-refractivity contribution in [3.05, 3.63) is 0 Å². The largest absolute Gasteiger partial charge is 0.469 e. The first kappa shape index (κ1) is 26.1. The third kappa shape index (κ3) is 15.9. The molecule has 1 saturated heterocycles. The van der Waals surface area contributed by atoms with E-state index in [9.17, 15) is 4.57 Å². The van der Waals surface area contributed by atoms with Gasteiger partial charge in [-0.3, -0.25) is 4.52 Å². The van der Waals surface area contributed by atoms with Crippen LogP contribution in [0.2, 0.25) is 0 Å². The Morgan fingerprint density at radius 3 is 1.75 bits per heavy atom. The highest BCUT2D eigenvalue weighted by atomic mass is 31.2. The summed E-state index contributed by atoms with van der Waals surface area (Å²) in [5.41, 5.74) is 0. The van der Waals surface area contributed by atoms with Crippen LogP contribution in [-0.4, -0.2) is 35.4 Å². The summed E-state index contributed by atoms with van der Waals surface area (Å²) in [6, 6.07) is 0. The smallest absolute Gasteiger partial charge is 0.350 e. The molecule has 0 aromatic heterocycles. The summed E-state index contributed by atoms with van der Waals surface area (Å²) in [5.74, 6) is 0. The highest BCUT2D eigenvalue weighted by Crippen LogP contribution is 2.36. The zero-order valence-electron chi connectivity index (χ0n) is 17.9. The molecular weight excluding hydrogens is 379 g/mol. The van der Waals surface area contributed by atoms with Gasteiger partial charge in [0.05, 0.1) is 13.2 Å². The van der Waals surface area contributed by atoms with Crippen LogP contribution < -0.4 is 0 Å². The maximum Gasteiger partial charge on any atom is 0.469 e. The first-order valence-corrected chi connectivity index (χ1v) is 13.0. The number of hydrogen-bond donors (Lipinski definition) is 2. The number of ether oxygens (including phenoxy) is 2. The molecule has 1 aliphatic heterocycles. The average molecular weight is 423 g/mol. The Morgan fingerprint density at radius 1 is 0.821 bits per heavy atom. The molecule has 2 unspecified atom stereocenters. The van der Waals surface area contributed by atoms with Gasteiger partial charge in [-0.15, -0.1) is 0 Å². The number of phosphoric acid groups is 1. The van der Waals surface area contributed by atoms with Gasteiger partial charge in [0.25, 0.3) is 0 Å². The van der Waals surface area contributed by atoms with Gasteiger partial charge in [0.2, 0.25) is 0 Å². The lowest BCUT2D eigenvalue weighted by molar-refractivity contribution is -0.0698. The van der Waals surface area contributed by atoms with E-state index in [1.54, 1.807) is 0 Å². The minimum absolute atomic E-state index is 0.125. The molecule has 1 rings (SSSR count). The normalized spacial score (nSPS) is 20.1. The second-order valence-corrected chi connectivity index (χ2v) is 9.29. The Kier molecular flexibility index (Phi) is 15.6. The fraction of sp³-hybridized carbons (Fsp3) is 1.00. The molecular formula is C21H43O6P. The van der Waals surface area contributed by atoms with E-state index in [0.29, 0.717) is 6.61 Å². The van der Waals surface area contributed by atoms with Crippen LogP contribution in [0, 0.1) is 0 Å². The fourth-order valence-corrected chi connectivity index (χ4v) is 3.97. The van der Waals surface area contributed by atoms with E-state index in [2.05, 4.69) is 11.4 Å². The summed E-state index contributed by atoms with van der Waals surface area (Å²) in [7, 11) is -4.43. The van der Waals surface area contributed by atoms with Gasteiger partial charge in [-0.25, -0.2) is 4.57 Å². The van der Waals surface area contributed by atoms with E-state index in [-0.39, 0.29) is 19.0 Å². The predicted molar refractivity (Wildman–Crippen MR) is 112 cm³/mol. The molecule has 0 aromatic carbocycles. The van der Waals surface area contributed by atoms with Crippen molar-refractivity contribution in [3.8, 4) is 0 Å². The van der Waals surface area contributed by atoms with Gasteiger partial charge in [0, 0.05) is 0 Å². The van der Waals surface area contributed by atoms with E-state index in [0.717, 1.165) is 12.8 Å². The monoisotopic (exact) mass is 422 g/mol. The molecule has 0 amide bonds. The quantitative estimate of drug-likeness (QED) is 0.193. The lowest BCUT2D eigenvalue weighted by Gasteiger charge is -2.12. The molecule has 0 saturated carbocycles. The molecule has 168 valence electrons. The van der Waals surface area contributed by atoms with Crippen LogP contribution in [0.3, 0.4) is 0 Å². The van der Waals surface area contributed by atoms with Crippen molar-refractivity contribution in [2.24, 2.45) is 0 Å². The molecule has 0 spiro atoms. The molecule has 1 fully saturated rings. The molecule has 1 aliphatic rings. The summed E-state index contributed by atoms with van der Waals surface area (Å²) >= 11 is 0. The van der Waals surface area contributed by atoms with Crippen LogP contribution in [-0.2, 0) is 18.6 Å². The molecule has 0 bridgehead atoms. The summed E-state index contributed by atoms with van der Waals surface area (Å²) in [6.07, 6.45) is 20.3. The van der Waals surface area contributed by atoms with Crippen molar-refractivity contribution >= 4 is 7.82 Å². The Bertz CT molecular complexity index is 400. The fourth-order valence-electron chi connectivity index (χ4n) is 3.61. The van der Waals surface area contributed by atoms with Crippen LogP contribution in [0.25, 0.3) is 0 Å². The van der Waals surface area contributed by atoms with Gasteiger partial charge in [-0.1, -0.05) is 96.8 Å². The molecule has 0 radical (unpaired) electrons. The predicted octanol–water partition coefficient (Wildman–Crippen LogP) is 6.10. The zero-order valence-corrected chi connectivity index (χ0v) is 18.8. The molecule has 2 atom stereocenters. The Hall–Kier alpha value is 0.0300. The van der Waals surface area contributed by atoms with Crippen LogP contribution in [0.5, 0.6) is 0 Å². The van der Waals surface area contributed by atoms with Gasteiger partial charge >= 0.3 is 7.82 Å². The van der Waals surface area contributed by atoms with Crippen molar-refractivity contribution < 1.29 is 28.3 Å². The van der Waals surface area contributed by atoms with Gasteiger partial charge in [0.15, 0.2) is 6.29 Å². The third-order valence-corrected chi connectivity index (χ3v) is 5.77. The molecule has 6 nitrogen and oxygen atoms in total. The Labute approximate surface area is 172 Å². The van der Waals surface area contributed by atoms with Crippen molar-refractivity contribution in [1.29, 1.82) is 0 Å². The molecule has 28 heavy (non-hydrogen) atoms. The second kappa shape index (κ2) is 16.8. The number of phosphoric ester groups is 1. The van der Waals surface area contributed by atoms with Gasteiger partial charge in [-0.05, 0) is 12.8 Å². The highest BCUT2D eigenvalue weighted by molar-refractivity contribution is 7.46. The summed E-state index contributed by atoms with van der Waals surface area (Å²) in [4.78, 5) is 17.4. The van der Waals surface area contributed by atoms with Crippen molar-refractivity contribution in [1.82, 2.24) is 0 Å². The lowest BCUT2D eigenvalue weighted by Crippen LogP contribution is -2.18. The molecule has 1 heterocycles. The number of rotatable bonds is 19. The standard InChI is InChI=1S/C21H43O6P/c1-2-3-4-5-6-7-8-9-10-11-12-13-14-15-16-17-21-25-18-20(27-21)19-26-28(22,23)24/h20-21H,2-19H2,1H3,(H2,22,23,24). The number of hydrogen-bond acceptors (Lipinski definition) is 4. The van der Waals surface area contributed by atoms with E-state index in [1.807, 2.05) is 0 Å². The lowest BCUT2D eigenvalue weighted by atomic mass is 10.0. The third-order valence-electron chi connectivity index (χ3n) is 5.28. The van der Waals surface area contributed by atoms with Crippen LogP contribution in [0.1, 0.15) is 110 Å². The topological polar surface area (TPSA) is 85.2 Å². The van der Waals surface area contributed by atoms with E-state index in [4.69, 9.17) is 19.3 Å². The summed E-state index contributed by atoms with van der Waals surface area (Å²) in [5, 5.41) is 0. The maximum atomic E-state index is 10.7. The SMILES string of the molecule is CCCCCCCCCCCCCCCCCC1OCC(COP(=O)(O)O)O1. The molecule has 2 N–H and O–H groups in total. The van der Waals surface area contributed by atoms with Gasteiger partial charge in [-0.2, -0.15) is 0 Å². The minimum atomic E-state index is -4.43. The second-order valence-electron chi connectivity index (χ2n) is 8.05. The molecule has 7 heteroatoms. The maximum absolute atomic E-state index is 10.7. The van der Waals surface area contributed by atoms with Crippen molar-refractivity contribution in [2.75, 3.05) is 13.2 Å². The number of unbranched alkanes of at least 4 members (excludes halogenated alkanes) is 14. The van der Waals surface area contributed by atoms with Gasteiger partial charge in [0.1, 0.15) is 6.10 Å². The Morgan fingerprint density at radius 2 is 1.29 bits per heavy atom. The zero-order chi connectivity index (χ0) is 20.5. The Balaban J connectivity index is 1.78. The van der Waals surface area contributed by atoms with E-state index < -0.39 is 7.82 Å². The molecule has 0 aliphatic carbocycles. The summed E-state index contributed by atoms with van der Waals surface area (Å²) in [6.45, 7) is 2.48. The van der Waals surface area contributed by atoms with E-state index >= 15 is 0 Å². The van der Waals surface area contributed by atoms with Crippen molar-refractivity contribution in [2.45, 2.75) is 122 Å². The first-order chi connectivity index (χ1) is 13.5. The first-order valence-electron chi connectivity index (χ1n) is 11.5. The van der Waals surface area contributed by atoms with Gasteiger partial charge < -0.3 is 19.3 Å².